The van der Waals surface area contributed by atoms with Gasteiger partial charge in [0.2, 0.25) is 0 Å². The van der Waals surface area contributed by atoms with Crippen LogP contribution in [0.25, 0.3) is 11.4 Å². The molecule has 1 aliphatic carbocycles. The first-order chi connectivity index (χ1) is 14.6. The SMILES string of the molecule is CCCN(CC1CC1)c1c(CC)nc(-c2ccc(OC)cc2OC)n(CCF)c1=O. The molecule has 164 valence electrons. The summed E-state index contributed by atoms with van der Waals surface area (Å²) in [6.45, 7) is 5.07. The van der Waals surface area contributed by atoms with Gasteiger partial charge >= 0.3 is 0 Å². The van der Waals surface area contributed by atoms with E-state index in [2.05, 4.69) is 11.8 Å². The number of halogens is 1. The number of hydrogen-bond acceptors (Lipinski definition) is 5. The Hall–Kier alpha value is -2.57. The van der Waals surface area contributed by atoms with Gasteiger partial charge in [-0.05, 0) is 43.7 Å². The maximum atomic E-state index is 13.6. The van der Waals surface area contributed by atoms with Crippen LogP contribution in [0.5, 0.6) is 11.5 Å². The van der Waals surface area contributed by atoms with Crippen molar-refractivity contribution in [3.8, 4) is 22.9 Å². The molecule has 0 spiro atoms. The summed E-state index contributed by atoms with van der Waals surface area (Å²) >= 11 is 0. The van der Waals surface area contributed by atoms with Crippen LogP contribution >= 0.6 is 0 Å². The summed E-state index contributed by atoms with van der Waals surface area (Å²) in [6, 6.07) is 5.35. The van der Waals surface area contributed by atoms with Crippen molar-refractivity contribution in [1.82, 2.24) is 9.55 Å². The second-order valence-corrected chi connectivity index (χ2v) is 7.69. The van der Waals surface area contributed by atoms with Crippen molar-refractivity contribution in [3.05, 3.63) is 34.2 Å². The first kappa shape index (κ1) is 22.1. The maximum Gasteiger partial charge on any atom is 0.277 e. The van der Waals surface area contributed by atoms with Gasteiger partial charge in [0.25, 0.3) is 5.56 Å². The first-order valence-corrected chi connectivity index (χ1v) is 10.7. The number of hydrogen-bond donors (Lipinski definition) is 0. The van der Waals surface area contributed by atoms with Crippen molar-refractivity contribution >= 4 is 5.69 Å². The van der Waals surface area contributed by atoms with Gasteiger partial charge in [-0.3, -0.25) is 9.36 Å². The molecule has 0 amide bonds. The maximum absolute atomic E-state index is 13.6. The molecule has 1 aliphatic rings. The standard InChI is InChI=1S/C23H32FN3O3/c1-5-12-26(15-16-7-8-16)21-19(6-2)25-22(27(13-11-24)23(21)28)18-10-9-17(29-3)14-20(18)30-4/h9-10,14,16H,5-8,11-13,15H2,1-4H3. The number of aryl methyl sites for hydroxylation is 1. The molecule has 0 bridgehead atoms. The molecule has 1 aromatic heterocycles. The third kappa shape index (κ3) is 4.60. The highest BCUT2D eigenvalue weighted by molar-refractivity contribution is 5.68. The van der Waals surface area contributed by atoms with Gasteiger partial charge in [0.1, 0.15) is 29.7 Å². The largest absolute Gasteiger partial charge is 0.497 e. The fraction of sp³-hybridized carbons (Fsp3) is 0.565. The highest BCUT2D eigenvalue weighted by Crippen LogP contribution is 2.34. The van der Waals surface area contributed by atoms with E-state index in [1.165, 1.54) is 17.4 Å². The Bertz CT molecular complexity index is 925. The molecule has 0 aliphatic heterocycles. The van der Waals surface area contributed by atoms with E-state index in [9.17, 15) is 9.18 Å². The lowest BCUT2D eigenvalue weighted by atomic mass is 10.1. The summed E-state index contributed by atoms with van der Waals surface area (Å²) < 4.78 is 25.7. The van der Waals surface area contributed by atoms with E-state index in [0.717, 1.165) is 25.2 Å². The van der Waals surface area contributed by atoms with Crippen molar-refractivity contribution in [3.63, 3.8) is 0 Å². The molecule has 0 N–H and O–H groups in total. The molecular formula is C23H32FN3O3. The van der Waals surface area contributed by atoms with Gasteiger partial charge in [-0.2, -0.15) is 0 Å². The molecule has 0 saturated heterocycles. The molecule has 0 radical (unpaired) electrons. The summed E-state index contributed by atoms with van der Waals surface area (Å²) in [6.07, 6.45) is 3.97. The van der Waals surface area contributed by atoms with Crippen LogP contribution in [0, 0.1) is 5.92 Å². The first-order valence-electron chi connectivity index (χ1n) is 10.7. The predicted molar refractivity (Wildman–Crippen MR) is 118 cm³/mol. The Labute approximate surface area is 177 Å². The Morgan fingerprint density at radius 3 is 2.57 bits per heavy atom. The van der Waals surface area contributed by atoms with Gasteiger partial charge in [0.05, 0.1) is 32.0 Å². The number of methoxy groups -OCH3 is 2. The minimum Gasteiger partial charge on any atom is -0.497 e. The normalized spacial score (nSPS) is 13.4. The monoisotopic (exact) mass is 417 g/mol. The van der Waals surface area contributed by atoms with Crippen LogP contribution in [0.4, 0.5) is 10.1 Å². The molecule has 2 aromatic rings. The second-order valence-electron chi connectivity index (χ2n) is 7.69. The van der Waals surface area contributed by atoms with E-state index in [0.29, 0.717) is 40.9 Å². The van der Waals surface area contributed by atoms with Gasteiger partial charge < -0.3 is 14.4 Å². The number of ether oxygens (including phenoxy) is 2. The topological polar surface area (TPSA) is 56.6 Å². The number of rotatable bonds is 11. The van der Waals surface area contributed by atoms with Crippen LogP contribution < -0.4 is 19.9 Å². The van der Waals surface area contributed by atoms with Crippen molar-refractivity contribution in [2.75, 3.05) is 38.9 Å². The molecule has 7 heteroatoms. The zero-order valence-electron chi connectivity index (χ0n) is 18.4. The second kappa shape index (κ2) is 9.96. The molecule has 0 unspecified atom stereocenters. The molecular weight excluding hydrogens is 385 g/mol. The Kier molecular flexibility index (Phi) is 7.34. The van der Waals surface area contributed by atoms with Crippen molar-refractivity contribution in [2.24, 2.45) is 5.92 Å². The number of anilines is 1. The predicted octanol–water partition coefficient (Wildman–Crippen LogP) is 4.09. The molecule has 1 saturated carbocycles. The van der Waals surface area contributed by atoms with E-state index in [-0.39, 0.29) is 12.1 Å². The summed E-state index contributed by atoms with van der Waals surface area (Å²) in [5, 5.41) is 0. The summed E-state index contributed by atoms with van der Waals surface area (Å²) in [5.41, 5.74) is 1.84. The Balaban J connectivity index is 2.20. The van der Waals surface area contributed by atoms with Crippen LogP contribution in [-0.2, 0) is 13.0 Å². The van der Waals surface area contributed by atoms with E-state index >= 15 is 0 Å². The van der Waals surface area contributed by atoms with Crippen molar-refractivity contribution in [2.45, 2.75) is 46.1 Å². The highest BCUT2D eigenvalue weighted by Gasteiger charge is 2.28. The quantitative estimate of drug-likeness (QED) is 0.551. The number of benzene rings is 1. The Morgan fingerprint density at radius 2 is 2.00 bits per heavy atom. The molecule has 1 fully saturated rings. The lowest BCUT2D eigenvalue weighted by Crippen LogP contribution is -2.37. The average molecular weight is 418 g/mol. The zero-order chi connectivity index (χ0) is 21.7. The van der Waals surface area contributed by atoms with Gasteiger partial charge in [-0.25, -0.2) is 9.37 Å². The summed E-state index contributed by atoms with van der Waals surface area (Å²) in [5.74, 6) is 2.24. The lowest BCUT2D eigenvalue weighted by molar-refractivity contribution is 0.394. The molecule has 0 atom stereocenters. The van der Waals surface area contributed by atoms with Gasteiger partial charge in [-0.1, -0.05) is 13.8 Å². The van der Waals surface area contributed by atoms with E-state index in [1.807, 2.05) is 6.92 Å². The van der Waals surface area contributed by atoms with E-state index in [4.69, 9.17) is 14.5 Å². The molecule has 3 rings (SSSR count). The van der Waals surface area contributed by atoms with Gasteiger partial charge in [0.15, 0.2) is 0 Å². The smallest absolute Gasteiger partial charge is 0.277 e. The number of alkyl halides is 1. The van der Waals surface area contributed by atoms with Crippen molar-refractivity contribution in [1.29, 1.82) is 0 Å². The van der Waals surface area contributed by atoms with Crippen LogP contribution in [0.1, 0.15) is 38.8 Å². The fourth-order valence-corrected chi connectivity index (χ4v) is 3.81. The van der Waals surface area contributed by atoms with Crippen LogP contribution in [0.15, 0.2) is 23.0 Å². The van der Waals surface area contributed by atoms with Crippen LogP contribution in [-0.4, -0.2) is 43.5 Å². The highest BCUT2D eigenvalue weighted by atomic mass is 19.1. The van der Waals surface area contributed by atoms with Gasteiger partial charge in [-0.15, -0.1) is 0 Å². The van der Waals surface area contributed by atoms with Crippen molar-refractivity contribution < 1.29 is 13.9 Å². The zero-order valence-corrected chi connectivity index (χ0v) is 18.4. The fourth-order valence-electron chi connectivity index (χ4n) is 3.81. The Morgan fingerprint density at radius 1 is 1.23 bits per heavy atom. The van der Waals surface area contributed by atoms with E-state index in [1.54, 1.807) is 32.4 Å². The third-order valence-corrected chi connectivity index (χ3v) is 5.50. The van der Waals surface area contributed by atoms with Gasteiger partial charge in [0, 0.05) is 19.2 Å². The molecule has 30 heavy (non-hydrogen) atoms. The van der Waals surface area contributed by atoms with Crippen LogP contribution in [0.2, 0.25) is 0 Å². The average Bonchev–Trinajstić information content (AvgIpc) is 3.58. The summed E-state index contributed by atoms with van der Waals surface area (Å²) in [4.78, 5) is 20.7. The molecule has 6 nitrogen and oxygen atoms in total. The minimum atomic E-state index is -0.644. The summed E-state index contributed by atoms with van der Waals surface area (Å²) in [7, 11) is 3.14. The lowest BCUT2D eigenvalue weighted by Gasteiger charge is -2.27. The minimum absolute atomic E-state index is 0.0449. The molecule has 1 aromatic carbocycles. The van der Waals surface area contributed by atoms with Crippen LogP contribution in [0.3, 0.4) is 0 Å². The number of nitrogens with zero attached hydrogens (tertiary/aromatic N) is 3. The number of aromatic nitrogens is 2. The third-order valence-electron chi connectivity index (χ3n) is 5.50. The molecule has 1 heterocycles. The van der Waals surface area contributed by atoms with E-state index < -0.39 is 6.67 Å².